The molecule has 0 amide bonds. The molecule has 1 heterocycles. The van der Waals surface area contributed by atoms with E-state index >= 15 is 0 Å². The van der Waals surface area contributed by atoms with Gasteiger partial charge in [0.1, 0.15) is 4.90 Å². The molecule has 0 aliphatic carbocycles. The first-order valence-corrected chi connectivity index (χ1v) is 9.25. The Morgan fingerprint density at radius 1 is 1.33 bits per heavy atom. The van der Waals surface area contributed by atoms with Crippen LogP contribution in [0.2, 0.25) is 10.0 Å². The molecule has 8 heteroatoms. The van der Waals surface area contributed by atoms with Crippen molar-refractivity contribution in [1.82, 2.24) is 4.31 Å². The number of halogens is 3. The van der Waals surface area contributed by atoms with E-state index in [1.54, 1.807) is 0 Å². The maximum absolute atomic E-state index is 12.8. The van der Waals surface area contributed by atoms with Crippen molar-refractivity contribution in [2.24, 2.45) is 0 Å². The highest BCUT2D eigenvalue weighted by atomic mass is 35.5. The van der Waals surface area contributed by atoms with Gasteiger partial charge >= 0.3 is 0 Å². The predicted octanol–water partition coefficient (Wildman–Crippen LogP) is 3.53. The van der Waals surface area contributed by atoms with E-state index in [-0.39, 0.29) is 21.9 Å². The lowest BCUT2D eigenvalue weighted by molar-refractivity contribution is 0.0752. The van der Waals surface area contributed by atoms with Crippen molar-refractivity contribution in [3.8, 4) is 0 Å². The second-order valence-electron chi connectivity index (χ2n) is 4.91. The summed E-state index contributed by atoms with van der Waals surface area (Å²) in [6.07, 6.45) is 0.498. The molecule has 0 saturated carbocycles. The zero-order chi connectivity index (χ0) is 15.6. The number of rotatable bonds is 3. The van der Waals surface area contributed by atoms with Gasteiger partial charge in [0.05, 0.1) is 11.1 Å². The van der Waals surface area contributed by atoms with Gasteiger partial charge in [-0.3, -0.25) is 0 Å². The Morgan fingerprint density at radius 2 is 2.05 bits per heavy atom. The maximum atomic E-state index is 12.8. The molecule has 1 saturated heterocycles. The minimum absolute atomic E-state index is 0.0401. The number of sulfonamides is 1. The third-order valence-electron chi connectivity index (χ3n) is 3.28. The van der Waals surface area contributed by atoms with Crippen LogP contribution in [0.25, 0.3) is 0 Å². The van der Waals surface area contributed by atoms with Gasteiger partial charge in [0.25, 0.3) is 0 Å². The lowest BCUT2D eigenvalue weighted by atomic mass is 10.2. The van der Waals surface area contributed by atoms with Crippen LogP contribution in [0.1, 0.15) is 18.9 Å². The number of benzene rings is 1. The summed E-state index contributed by atoms with van der Waals surface area (Å²) in [6.45, 7) is 3.11. The SMILES string of the molecule is CC1CN(S(=O)(=O)c2cc(CCl)c(Cl)cc2Cl)CCCO1. The Hall–Kier alpha value is -0.0400. The number of nitrogens with zero attached hydrogens (tertiary/aromatic N) is 1. The molecule has 1 unspecified atom stereocenters. The molecule has 1 aromatic carbocycles. The van der Waals surface area contributed by atoms with Crippen molar-refractivity contribution in [2.75, 3.05) is 19.7 Å². The van der Waals surface area contributed by atoms with Crippen molar-refractivity contribution in [3.63, 3.8) is 0 Å². The van der Waals surface area contributed by atoms with Gasteiger partial charge < -0.3 is 4.74 Å². The van der Waals surface area contributed by atoms with Crippen LogP contribution >= 0.6 is 34.8 Å². The molecule has 118 valence electrons. The third-order valence-corrected chi connectivity index (χ3v) is 6.25. The monoisotopic (exact) mass is 371 g/mol. The Morgan fingerprint density at radius 3 is 2.71 bits per heavy atom. The van der Waals surface area contributed by atoms with Crippen molar-refractivity contribution in [2.45, 2.75) is 30.2 Å². The summed E-state index contributed by atoms with van der Waals surface area (Å²) < 4.78 is 32.4. The molecule has 0 bridgehead atoms. The van der Waals surface area contributed by atoms with E-state index in [2.05, 4.69) is 0 Å². The van der Waals surface area contributed by atoms with E-state index in [9.17, 15) is 8.42 Å². The zero-order valence-electron chi connectivity index (χ0n) is 11.5. The van der Waals surface area contributed by atoms with E-state index in [0.717, 1.165) is 0 Å². The number of alkyl halides is 1. The summed E-state index contributed by atoms with van der Waals surface area (Å²) >= 11 is 17.8. The Labute approximate surface area is 140 Å². The molecule has 1 fully saturated rings. The van der Waals surface area contributed by atoms with Gasteiger partial charge in [0, 0.05) is 30.6 Å². The summed E-state index contributed by atoms with van der Waals surface area (Å²) in [6, 6.07) is 2.87. The Balaban J connectivity index is 2.43. The maximum Gasteiger partial charge on any atom is 0.244 e. The van der Waals surface area contributed by atoms with E-state index in [1.807, 2.05) is 6.92 Å². The molecule has 1 aliphatic heterocycles. The summed E-state index contributed by atoms with van der Waals surface area (Å²) in [7, 11) is -3.69. The molecule has 1 aromatic rings. The Bertz CT molecular complexity index is 621. The van der Waals surface area contributed by atoms with Gasteiger partial charge in [-0.1, -0.05) is 23.2 Å². The normalized spacial score (nSPS) is 21.2. The molecule has 1 aliphatic rings. The minimum Gasteiger partial charge on any atom is -0.377 e. The second kappa shape index (κ2) is 7.02. The van der Waals surface area contributed by atoms with Gasteiger partial charge in [-0.2, -0.15) is 4.31 Å². The highest BCUT2D eigenvalue weighted by Crippen LogP contribution is 2.32. The Kier molecular flexibility index (Phi) is 5.79. The first-order valence-electron chi connectivity index (χ1n) is 6.52. The van der Waals surface area contributed by atoms with Crippen LogP contribution < -0.4 is 0 Å². The average Bonchev–Trinajstić information content (AvgIpc) is 2.63. The number of hydrogen-bond acceptors (Lipinski definition) is 3. The zero-order valence-corrected chi connectivity index (χ0v) is 14.6. The fourth-order valence-electron chi connectivity index (χ4n) is 2.18. The summed E-state index contributed by atoms with van der Waals surface area (Å²) in [5.74, 6) is 0.123. The van der Waals surface area contributed by atoms with Crippen LogP contribution in [0.5, 0.6) is 0 Å². The molecule has 21 heavy (non-hydrogen) atoms. The lowest BCUT2D eigenvalue weighted by Crippen LogP contribution is -2.36. The van der Waals surface area contributed by atoms with Crippen molar-refractivity contribution in [1.29, 1.82) is 0 Å². The van der Waals surface area contributed by atoms with Crippen LogP contribution in [0, 0.1) is 0 Å². The molecule has 0 aromatic heterocycles. The largest absolute Gasteiger partial charge is 0.377 e. The summed E-state index contributed by atoms with van der Waals surface area (Å²) in [4.78, 5) is 0.0401. The van der Waals surface area contributed by atoms with E-state index < -0.39 is 10.0 Å². The van der Waals surface area contributed by atoms with Crippen LogP contribution in [0.15, 0.2) is 17.0 Å². The first kappa shape index (κ1) is 17.3. The van der Waals surface area contributed by atoms with Crippen LogP contribution in [0.4, 0.5) is 0 Å². The molecule has 0 spiro atoms. The van der Waals surface area contributed by atoms with Gasteiger partial charge in [-0.15, -0.1) is 11.6 Å². The van der Waals surface area contributed by atoms with E-state index in [1.165, 1.54) is 16.4 Å². The molecule has 0 radical (unpaired) electrons. The molecular formula is C13H16Cl3NO3S. The van der Waals surface area contributed by atoms with Crippen LogP contribution in [0.3, 0.4) is 0 Å². The molecule has 4 nitrogen and oxygen atoms in total. The summed E-state index contributed by atoms with van der Waals surface area (Å²) in [5, 5.41) is 0.466. The van der Waals surface area contributed by atoms with E-state index in [0.29, 0.717) is 36.7 Å². The molecular weight excluding hydrogens is 357 g/mol. The third kappa shape index (κ3) is 3.84. The van der Waals surface area contributed by atoms with Crippen molar-refractivity contribution >= 4 is 44.8 Å². The average molecular weight is 373 g/mol. The van der Waals surface area contributed by atoms with Crippen LogP contribution in [-0.4, -0.2) is 38.5 Å². The highest BCUT2D eigenvalue weighted by molar-refractivity contribution is 7.89. The van der Waals surface area contributed by atoms with Gasteiger partial charge in [0.2, 0.25) is 10.0 Å². The van der Waals surface area contributed by atoms with Gasteiger partial charge in [0.15, 0.2) is 0 Å². The van der Waals surface area contributed by atoms with Gasteiger partial charge in [-0.25, -0.2) is 8.42 Å². The van der Waals surface area contributed by atoms with Crippen molar-refractivity contribution < 1.29 is 13.2 Å². The first-order chi connectivity index (χ1) is 9.86. The van der Waals surface area contributed by atoms with Crippen LogP contribution in [-0.2, 0) is 20.6 Å². The second-order valence-corrected chi connectivity index (χ2v) is 7.89. The molecule has 0 N–H and O–H groups in total. The van der Waals surface area contributed by atoms with Crippen molar-refractivity contribution in [3.05, 3.63) is 27.7 Å². The smallest absolute Gasteiger partial charge is 0.244 e. The molecule has 2 rings (SSSR count). The fraction of sp³-hybridized carbons (Fsp3) is 0.538. The topological polar surface area (TPSA) is 46.6 Å². The minimum atomic E-state index is -3.69. The van der Waals surface area contributed by atoms with E-state index in [4.69, 9.17) is 39.5 Å². The van der Waals surface area contributed by atoms with Gasteiger partial charge in [-0.05, 0) is 31.0 Å². The summed E-state index contributed by atoms with van der Waals surface area (Å²) in [5.41, 5.74) is 0.542. The lowest BCUT2D eigenvalue weighted by Gasteiger charge is -2.22. The molecule has 1 atom stereocenters. The standard InChI is InChI=1S/C13H16Cl3NO3S/c1-9-8-17(3-2-4-20-9)21(18,19)13-5-10(7-14)11(15)6-12(13)16/h5-6,9H,2-4,7-8H2,1H3. The number of ether oxygens (including phenoxy) is 1. The highest BCUT2D eigenvalue weighted by Gasteiger charge is 2.30. The predicted molar refractivity (Wildman–Crippen MR) is 84.8 cm³/mol. The quantitative estimate of drug-likeness (QED) is 0.763. The number of hydrogen-bond donors (Lipinski definition) is 0. The fourth-order valence-corrected chi connectivity index (χ4v) is 4.87.